The summed E-state index contributed by atoms with van der Waals surface area (Å²) < 4.78 is 7.32. The number of aromatic nitrogens is 2. The smallest absolute Gasteiger partial charge is 0.327 e. The summed E-state index contributed by atoms with van der Waals surface area (Å²) in [6, 6.07) is 7.30. The molecule has 142 valence electrons. The molecule has 0 radical (unpaired) electrons. The van der Waals surface area contributed by atoms with Crippen LogP contribution in [-0.4, -0.2) is 51.7 Å². The number of aromatic amines is 1. The van der Waals surface area contributed by atoms with E-state index < -0.39 is 11.6 Å². The number of hydrogen-bond donors (Lipinski definition) is 2. The number of carbonyl (C=O) groups is 1. The van der Waals surface area contributed by atoms with Gasteiger partial charge in [-0.1, -0.05) is 19.1 Å². The van der Waals surface area contributed by atoms with Crippen molar-refractivity contribution in [3.05, 3.63) is 34.7 Å². The normalized spacial score (nSPS) is 20.2. The molecule has 2 N–H and O–H groups in total. The van der Waals surface area contributed by atoms with Crippen LogP contribution in [0.15, 0.2) is 29.1 Å². The van der Waals surface area contributed by atoms with Crippen LogP contribution in [0.3, 0.4) is 0 Å². The van der Waals surface area contributed by atoms with Crippen molar-refractivity contribution >= 4 is 17.0 Å². The number of fused-ring (bicyclic) bond motifs is 1. The molecule has 2 atom stereocenters. The molecule has 0 amide bonds. The van der Waals surface area contributed by atoms with Crippen LogP contribution < -0.4 is 11.0 Å². The summed E-state index contributed by atoms with van der Waals surface area (Å²) in [6.07, 6.45) is 0.661. The fourth-order valence-corrected chi connectivity index (χ4v) is 3.55. The SMILES string of the molecule is CCC(N1CCNC(C(=O)OC(C)(C)C)C1)n1c(=O)[nH]c2ccccc21. The molecule has 1 fully saturated rings. The number of imidazole rings is 1. The van der Waals surface area contributed by atoms with Crippen molar-refractivity contribution in [1.82, 2.24) is 19.8 Å². The first-order valence-electron chi connectivity index (χ1n) is 9.19. The molecule has 26 heavy (non-hydrogen) atoms. The Kier molecular flexibility index (Phi) is 5.20. The largest absolute Gasteiger partial charge is 0.459 e. The predicted octanol–water partition coefficient (Wildman–Crippen LogP) is 1.85. The summed E-state index contributed by atoms with van der Waals surface area (Å²) in [7, 11) is 0. The highest BCUT2D eigenvalue weighted by atomic mass is 16.6. The van der Waals surface area contributed by atoms with Gasteiger partial charge in [-0.2, -0.15) is 0 Å². The van der Waals surface area contributed by atoms with Crippen molar-refractivity contribution < 1.29 is 9.53 Å². The monoisotopic (exact) mass is 360 g/mol. The van der Waals surface area contributed by atoms with Gasteiger partial charge in [-0.25, -0.2) is 4.79 Å². The molecule has 7 nitrogen and oxygen atoms in total. The Balaban J connectivity index is 1.85. The number of nitrogens with zero attached hydrogens (tertiary/aromatic N) is 2. The zero-order valence-electron chi connectivity index (χ0n) is 15.9. The molecule has 2 unspecified atom stereocenters. The molecule has 1 aliphatic heterocycles. The average Bonchev–Trinajstić information content (AvgIpc) is 2.91. The Hall–Kier alpha value is -2.12. The second-order valence-electron chi connectivity index (χ2n) is 7.74. The first-order chi connectivity index (χ1) is 12.3. The van der Waals surface area contributed by atoms with Gasteiger partial charge in [-0.15, -0.1) is 0 Å². The van der Waals surface area contributed by atoms with Crippen molar-refractivity contribution in [1.29, 1.82) is 0 Å². The number of piperazine rings is 1. The van der Waals surface area contributed by atoms with Crippen LogP contribution in [0.4, 0.5) is 0 Å². The number of H-pyrrole nitrogens is 1. The van der Waals surface area contributed by atoms with Crippen molar-refractivity contribution in [2.45, 2.75) is 51.9 Å². The Morgan fingerprint density at radius 2 is 2.08 bits per heavy atom. The van der Waals surface area contributed by atoms with Gasteiger partial charge < -0.3 is 15.0 Å². The topological polar surface area (TPSA) is 79.4 Å². The van der Waals surface area contributed by atoms with E-state index in [9.17, 15) is 9.59 Å². The fraction of sp³-hybridized carbons (Fsp3) is 0.579. The molecule has 2 aromatic rings. The first-order valence-corrected chi connectivity index (χ1v) is 9.19. The van der Waals surface area contributed by atoms with Crippen LogP contribution in [0.25, 0.3) is 11.0 Å². The van der Waals surface area contributed by atoms with E-state index in [1.165, 1.54) is 0 Å². The van der Waals surface area contributed by atoms with Gasteiger partial charge in [0.2, 0.25) is 0 Å². The van der Waals surface area contributed by atoms with Crippen molar-refractivity contribution in [3.8, 4) is 0 Å². The highest BCUT2D eigenvalue weighted by molar-refractivity contribution is 5.77. The highest BCUT2D eigenvalue weighted by Gasteiger charge is 2.33. The number of benzene rings is 1. The third kappa shape index (κ3) is 3.83. The quantitative estimate of drug-likeness (QED) is 0.814. The van der Waals surface area contributed by atoms with E-state index in [0.29, 0.717) is 13.1 Å². The molecular formula is C19H28N4O3. The van der Waals surface area contributed by atoms with Crippen LogP contribution in [0.1, 0.15) is 40.3 Å². The maximum atomic E-state index is 12.6. The molecule has 2 heterocycles. The molecule has 0 aliphatic carbocycles. The standard InChI is InChI=1S/C19H28N4O3/c1-5-16(23-15-9-7-6-8-13(15)21-18(23)25)22-11-10-20-14(12-22)17(24)26-19(2,3)4/h6-9,14,16,20H,5,10-12H2,1-4H3,(H,21,25). The summed E-state index contributed by atoms with van der Waals surface area (Å²) in [6.45, 7) is 9.62. The van der Waals surface area contributed by atoms with E-state index in [1.54, 1.807) is 4.57 Å². The summed E-state index contributed by atoms with van der Waals surface area (Å²) >= 11 is 0. The number of nitrogens with one attached hydrogen (secondary N) is 2. The van der Waals surface area contributed by atoms with Gasteiger partial charge in [0.05, 0.1) is 17.2 Å². The fourth-order valence-electron chi connectivity index (χ4n) is 3.55. The second-order valence-corrected chi connectivity index (χ2v) is 7.74. The molecule has 3 rings (SSSR count). The van der Waals surface area contributed by atoms with Crippen molar-refractivity contribution in [3.63, 3.8) is 0 Å². The van der Waals surface area contributed by atoms with Gasteiger partial charge in [0, 0.05) is 19.6 Å². The van der Waals surface area contributed by atoms with Crippen molar-refractivity contribution in [2.75, 3.05) is 19.6 Å². The number of carbonyl (C=O) groups excluding carboxylic acids is 1. The Morgan fingerprint density at radius 1 is 1.35 bits per heavy atom. The molecule has 0 spiro atoms. The molecular weight excluding hydrogens is 332 g/mol. The van der Waals surface area contributed by atoms with E-state index in [1.807, 2.05) is 45.0 Å². The first kappa shape index (κ1) is 18.7. The minimum absolute atomic E-state index is 0.106. The Labute approximate surface area is 153 Å². The van der Waals surface area contributed by atoms with E-state index in [2.05, 4.69) is 22.1 Å². The average molecular weight is 360 g/mol. The van der Waals surface area contributed by atoms with Crippen LogP contribution in [0, 0.1) is 0 Å². The van der Waals surface area contributed by atoms with E-state index in [-0.39, 0.29) is 17.8 Å². The minimum atomic E-state index is -0.515. The Bertz CT molecular complexity index is 833. The molecule has 0 bridgehead atoms. The lowest BCUT2D eigenvalue weighted by molar-refractivity contribution is -0.159. The predicted molar refractivity (Wildman–Crippen MR) is 101 cm³/mol. The van der Waals surface area contributed by atoms with Crippen LogP contribution in [0.5, 0.6) is 0 Å². The molecule has 7 heteroatoms. The van der Waals surface area contributed by atoms with E-state index in [4.69, 9.17) is 4.74 Å². The van der Waals surface area contributed by atoms with Gasteiger partial charge in [0.1, 0.15) is 11.6 Å². The van der Waals surface area contributed by atoms with E-state index >= 15 is 0 Å². The zero-order valence-corrected chi connectivity index (χ0v) is 15.9. The highest BCUT2D eigenvalue weighted by Crippen LogP contribution is 2.23. The maximum absolute atomic E-state index is 12.6. The minimum Gasteiger partial charge on any atom is -0.459 e. The number of rotatable bonds is 4. The van der Waals surface area contributed by atoms with Gasteiger partial charge in [0.25, 0.3) is 0 Å². The number of para-hydroxylation sites is 2. The third-order valence-electron chi connectivity index (χ3n) is 4.61. The number of hydrogen-bond acceptors (Lipinski definition) is 5. The molecule has 1 aromatic heterocycles. The van der Waals surface area contributed by atoms with Crippen molar-refractivity contribution in [2.24, 2.45) is 0 Å². The zero-order chi connectivity index (χ0) is 18.9. The maximum Gasteiger partial charge on any atom is 0.327 e. The molecule has 1 aromatic carbocycles. The lowest BCUT2D eigenvalue weighted by Crippen LogP contribution is -2.57. The van der Waals surface area contributed by atoms with Gasteiger partial charge in [-0.05, 0) is 39.3 Å². The number of esters is 1. The van der Waals surface area contributed by atoms with Gasteiger partial charge in [-0.3, -0.25) is 14.3 Å². The summed E-state index contributed by atoms with van der Waals surface area (Å²) in [5.41, 5.74) is 1.08. The molecule has 1 saturated heterocycles. The van der Waals surface area contributed by atoms with Crippen LogP contribution in [-0.2, 0) is 9.53 Å². The summed E-state index contributed by atoms with van der Waals surface area (Å²) in [4.78, 5) is 30.1. The second kappa shape index (κ2) is 7.25. The van der Waals surface area contributed by atoms with Gasteiger partial charge >= 0.3 is 11.7 Å². The summed E-state index contributed by atoms with van der Waals surface area (Å²) in [5.74, 6) is -0.247. The summed E-state index contributed by atoms with van der Waals surface area (Å²) in [5, 5.41) is 3.24. The molecule has 0 saturated carbocycles. The van der Waals surface area contributed by atoms with Crippen LogP contribution in [0.2, 0.25) is 0 Å². The van der Waals surface area contributed by atoms with Gasteiger partial charge in [0.15, 0.2) is 0 Å². The molecule has 1 aliphatic rings. The van der Waals surface area contributed by atoms with Crippen LogP contribution >= 0.6 is 0 Å². The lowest BCUT2D eigenvalue weighted by Gasteiger charge is -2.38. The Morgan fingerprint density at radius 3 is 2.77 bits per heavy atom. The lowest BCUT2D eigenvalue weighted by atomic mass is 10.1. The third-order valence-corrected chi connectivity index (χ3v) is 4.61. The number of ether oxygens (including phenoxy) is 1. The van der Waals surface area contributed by atoms with E-state index in [0.717, 1.165) is 24.0 Å².